The molecule has 0 aliphatic heterocycles. The number of nitrogen functional groups attached to an aromatic ring is 1. The number of pyridine rings is 1. The number of amides is 1. The molecule has 0 atom stereocenters. The molecule has 0 spiro atoms. The Morgan fingerprint density at radius 2 is 2.07 bits per heavy atom. The molecule has 0 fully saturated rings. The first-order valence-electron chi connectivity index (χ1n) is 8.55. The van der Waals surface area contributed by atoms with Gasteiger partial charge >= 0.3 is 0 Å². The smallest absolute Gasteiger partial charge is 0.254 e. The molecule has 1 amide bonds. The van der Waals surface area contributed by atoms with Crippen molar-refractivity contribution < 1.29 is 4.79 Å². The molecule has 0 saturated heterocycles. The van der Waals surface area contributed by atoms with E-state index in [1.54, 1.807) is 23.2 Å². The van der Waals surface area contributed by atoms with Crippen LogP contribution < -0.4 is 5.73 Å². The summed E-state index contributed by atoms with van der Waals surface area (Å²) in [7, 11) is 0. The monoisotopic (exact) mass is 378 g/mol. The van der Waals surface area contributed by atoms with Gasteiger partial charge < -0.3 is 10.6 Å². The van der Waals surface area contributed by atoms with Gasteiger partial charge in [0.05, 0.1) is 0 Å². The fraction of sp³-hybridized carbons (Fsp3) is 0.158. The van der Waals surface area contributed by atoms with E-state index < -0.39 is 0 Å². The van der Waals surface area contributed by atoms with Crippen LogP contribution >= 0.6 is 11.3 Å². The Hall–Kier alpha value is -3.26. The molecule has 136 valence electrons. The second-order valence-electron chi connectivity index (χ2n) is 6.02. The second kappa shape index (κ2) is 7.16. The Bertz CT molecular complexity index is 1070. The summed E-state index contributed by atoms with van der Waals surface area (Å²) in [6.07, 6.45) is 1.70. The van der Waals surface area contributed by atoms with E-state index in [2.05, 4.69) is 15.1 Å². The Kier molecular flexibility index (Phi) is 4.55. The minimum Gasteiger partial charge on any atom is -0.384 e. The van der Waals surface area contributed by atoms with Gasteiger partial charge in [-0.1, -0.05) is 30.3 Å². The summed E-state index contributed by atoms with van der Waals surface area (Å²) in [5.41, 5.74) is 8.23. The van der Waals surface area contributed by atoms with Crippen molar-refractivity contribution in [3.05, 3.63) is 65.2 Å². The lowest BCUT2D eigenvalue weighted by molar-refractivity contribution is 0.0752. The van der Waals surface area contributed by atoms with Gasteiger partial charge in [0, 0.05) is 30.2 Å². The summed E-state index contributed by atoms with van der Waals surface area (Å²) in [6.45, 7) is 3.09. The molecule has 1 aromatic carbocycles. The van der Waals surface area contributed by atoms with Crippen LogP contribution in [0.3, 0.4) is 0 Å². The molecule has 7 nitrogen and oxygen atoms in total. The zero-order chi connectivity index (χ0) is 18.8. The maximum Gasteiger partial charge on any atom is 0.254 e. The first-order valence-corrected chi connectivity index (χ1v) is 9.43. The topological polar surface area (TPSA) is 89.4 Å². The third-order valence-electron chi connectivity index (χ3n) is 4.22. The molecule has 0 saturated carbocycles. The summed E-state index contributed by atoms with van der Waals surface area (Å²) >= 11 is 1.45. The molecule has 0 radical (unpaired) electrons. The lowest BCUT2D eigenvalue weighted by Crippen LogP contribution is -2.30. The van der Waals surface area contributed by atoms with E-state index in [1.807, 2.05) is 42.6 Å². The van der Waals surface area contributed by atoms with Crippen molar-refractivity contribution in [2.75, 3.05) is 12.3 Å². The fourth-order valence-electron chi connectivity index (χ4n) is 2.87. The minimum atomic E-state index is -0.0886. The van der Waals surface area contributed by atoms with Crippen LogP contribution in [0.15, 0.2) is 54.0 Å². The summed E-state index contributed by atoms with van der Waals surface area (Å²) in [6, 6.07) is 13.3. The average Bonchev–Trinajstić information content (AvgIpc) is 3.36. The van der Waals surface area contributed by atoms with E-state index in [9.17, 15) is 4.79 Å². The quantitative estimate of drug-likeness (QED) is 0.576. The molecule has 2 N–H and O–H groups in total. The second-order valence-corrected chi connectivity index (χ2v) is 6.91. The largest absolute Gasteiger partial charge is 0.384 e. The van der Waals surface area contributed by atoms with Gasteiger partial charge in [-0.25, -0.2) is 9.97 Å². The highest BCUT2D eigenvalue weighted by atomic mass is 32.1. The third-order valence-corrected chi connectivity index (χ3v) is 4.99. The molecule has 3 aromatic heterocycles. The predicted octanol–water partition coefficient (Wildman–Crippen LogP) is 3.10. The Morgan fingerprint density at radius 1 is 1.26 bits per heavy atom. The van der Waals surface area contributed by atoms with E-state index in [0.29, 0.717) is 41.0 Å². The van der Waals surface area contributed by atoms with Crippen molar-refractivity contribution in [3.63, 3.8) is 0 Å². The lowest BCUT2D eigenvalue weighted by Gasteiger charge is -2.21. The van der Waals surface area contributed by atoms with Crippen LogP contribution in [0, 0.1) is 0 Å². The summed E-state index contributed by atoms with van der Waals surface area (Å²) < 4.78 is 1.53. The van der Waals surface area contributed by atoms with E-state index in [-0.39, 0.29) is 5.91 Å². The lowest BCUT2D eigenvalue weighted by atomic mass is 10.1. The van der Waals surface area contributed by atoms with Crippen LogP contribution in [0.4, 0.5) is 5.82 Å². The maximum atomic E-state index is 13.0. The van der Waals surface area contributed by atoms with Gasteiger partial charge in [0.1, 0.15) is 5.82 Å². The van der Waals surface area contributed by atoms with Crippen molar-refractivity contribution in [1.29, 1.82) is 0 Å². The number of benzene rings is 1. The SMILES string of the molecule is CCN(Cc1ccccc1)C(=O)c1cc(N)n2nc(-c3nccs3)nc2c1. The molecule has 4 aromatic rings. The van der Waals surface area contributed by atoms with Crippen molar-refractivity contribution in [1.82, 2.24) is 24.5 Å². The van der Waals surface area contributed by atoms with Crippen LogP contribution in [0.1, 0.15) is 22.8 Å². The van der Waals surface area contributed by atoms with Gasteiger partial charge in [0.25, 0.3) is 5.91 Å². The van der Waals surface area contributed by atoms with E-state index in [0.717, 1.165) is 5.56 Å². The number of anilines is 1. The van der Waals surface area contributed by atoms with E-state index >= 15 is 0 Å². The maximum absolute atomic E-state index is 13.0. The van der Waals surface area contributed by atoms with Crippen LogP contribution in [0.5, 0.6) is 0 Å². The minimum absolute atomic E-state index is 0.0886. The molecule has 0 aliphatic rings. The Balaban J connectivity index is 1.66. The normalized spacial score (nSPS) is 11.0. The number of rotatable bonds is 5. The molecular weight excluding hydrogens is 360 g/mol. The number of hydrogen-bond donors (Lipinski definition) is 1. The zero-order valence-electron chi connectivity index (χ0n) is 14.7. The summed E-state index contributed by atoms with van der Waals surface area (Å²) in [5, 5.41) is 6.97. The summed E-state index contributed by atoms with van der Waals surface area (Å²) in [4.78, 5) is 23.5. The Morgan fingerprint density at radius 3 is 2.78 bits per heavy atom. The molecule has 3 heterocycles. The van der Waals surface area contributed by atoms with Gasteiger partial charge in [0.15, 0.2) is 10.7 Å². The molecular formula is C19H18N6OS. The highest BCUT2D eigenvalue weighted by molar-refractivity contribution is 7.13. The third kappa shape index (κ3) is 3.39. The Labute approximate surface area is 160 Å². The predicted molar refractivity (Wildman–Crippen MR) is 105 cm³/mol. The number of aromatic nitrogens is 4. The van der Waals surface area contributed by atoms with Gasteiger partial charge in [-0.2, -0.15) is 4.52 Å². The highest BCUT2D eigenvalue weighted by Gasteiger charge is 2.18. The van der Waals surface area contributed by atoms with Crippen molar-refractivity contribution in [2.45, 2.75) is 13.5 Å². The van der Waals surface area contributed by atoms with Crippen LogP contribution in [-0.4, -0.2) is 36.9 Å². The molecule has 8 heteroatoms. The average molecular weight is 378 g/mol. The zero-order valence-corrected chi connectivity index (χ0v) is 15.6. The van der Waals surface area contributed by atoms with Crippen LogP contribution in [-0.2, 0) is 6.54 Å². The number of carbonyl (C=O) groups excluding carboxylic acids is 1. The van der Waals surface area contributed by atoms with Crippen molar-refractivity contribution in [3.8, 4) is 10.8 Å². The van der Waals surface area contributed by atoms with E-state index in [1.165, 1.54) is 15.9 Å². The number of nitrogens with zero attached hydrogens (tertiary/aromatic N) is 5. The molecule has 27 heavy (non-hydrogen) atoms. The van der Waals surface area contributed by atoms with Gasteiger partial charge in [0.2, 0.25) is 5.82 Å². The first-order chi connectivity index (χ1) is 13.2. The number of hydrogen-bond acceptors (Lipinski definition) is 6. The number of fused-ring (bicyclic) bond motifs is 1. The first kappa shape index (κ1) is 17.2. The number of carbonyl (C=O) groups is 1. The summed E-state index contributed by atoms with van der Waals surface area (Å²) in [5.74, 6) is 0.772. The van der Waals surface area contributed by atoms with Gasteiger partial charge in [-0.3, -0.25) is 4.79 Å². The van der Waals surface area contributed by atoms with Crippen molar-refractivity contribution >= 4 is 28.7 Å². The fourth-order valence-corrected chi connectivity index (χ4v) is 3.43. The number of nitrogens with two attached hydrogens (primary N) is 1. The van der Waals surface area contributed by atoms with E-state index in [4.69, 9.17) is 5.73 Å². The molecule has 4 rings (SSSR count). The van der Waals surface area contributed by atoms with Crippen molar-refractivity contribution in [2.24, 2.45) is 0 Å². The standard InChI is InChI=1S/C19H18N6OS/c1-2-24(12-13-6-4-3-5-7-13)19(26)14-10-15(20)25-16(11-14)22-17(23-25)18-21-8-9-27-18/h3-11H,2,12,20H2,1H3. The molecule has 0 bridgehead atoms. The molecule has 0 aliphatic carbocycles. The van der Waals surface area contributed by atoms with Crippen LogP contribution in [0.25, 0.3) is 16.5 Å². The van der Waals surface area contributed by atoms with Crippen LogP contribution in [0.2, 0.25) is 0 Å². The van der Waals surface area contributed by atoms with Gasteiger partial charge in [-0.05, 0) is 24.6 Å². The molecule has 0 unspecified atom stereocenters. The number of thiazole rings is 1. The highest BCUT2D eigenvalue weighted by Crippen LogP contribution is 2.21. The van der Waals surface area contributed by atoms with Gasteiger partial charge in [-0.15, -0.1) is 16.4 Å².